The van der Waals surface area contributed by atoms with E-state index in [0.717, 1.165) is 48.2 Å². The molecule has 0 saturated carbocycles. The lowest BCUT2D eigenvalue weighted by molar-refractivity contribution is 0.0719. The highest BCUT2D eigenvalue weighted by atomic mass is 16.5. The predicted octanol–water partition coefficient (Wildman–Crippen LogP) is 10.5. The molecule has 0 radical (unpaired) electrons. The van der Waals surface area contributed by atoms with Crippen molar-refractivity contribution in [3.63, 3.8) is 0 Å². The Labute approximate surface area is 317 Å². The summed E-state index contributed by atoms with van der Waals surface area (Å²) >= 11 is 0. The molecule has 4 aromatic carbocycles. The molecule has 1 aromatic heterocycles. The lowest BCUT2D eigenvalue weighted by Gasteiger charge is -2.14. The minimum atomic E-state index is -0.517. The van der Waals surface area contributed by atoms with Crippen LogP contribution in [0, 0.1) is 0 Å². The number of benzene rings is 4. The van der Waals surface area contributed by atoms with Crippen LogP contribution in [-0.4, -0.2) is 40.1 Å². The maximum Gasteiger partial charge on any atom is 0.343 e. The highest BCUT2D eigenvalue weighted by Crippen LogP contribution is 2.31. The number of carbonyl (C=O) groups excluding carboxylic acids is 2. The molecular formula is C45H47N3O6. The molecule has 0 bridgehead atoms. The summed E-state index contributed by atoms with van der Waals surface area (Å²) in [7, 11) is 0. The zero-order valence-corrected chi connectivity index (χ0v) is 31.0. The van der Waals surface area contributed by atoms with Crippen molar-refractivity contribution in [1.82, 2.24) is 15.0 Å². The Bertz CT molecular complexity index is 2020. The zero-order chi connectivity index (χ0) is 37.5. The third-order valence-corrected chi connectivity index (χ3v) is 9.14. The Morgan fingerprint density at radius 1 is 0.630 bits per heavy atom. The molecule has 9 heteroatoms. The van der Waals surface area contributed by atoms with E-state index in [9.17, 15) is 9.59 Å². The number of esters is 2. The third-order valence-electron chi connectivity index (χ3n) is 9.14. The average Bonchev–Trinajstić information content (AvgIpc) is 3.93. The molecule has 0 unspecified atom stereocenters. The summed E-state index contributed by atoms with van der Waals surface area (Å²) in [5, 5.41) is 8.75. The maximum atomic E-state index is 12.9. The first-order valence-corrected chi connectivity index (χ1v) is 18.9. The van der Waals surface area contributed by atoms with Gasteiger partial charge in [-0.2, -0.15) is 0 Å². The summed E-state index contributed by atoms with van der Waals surface area (Å²) < 4.78 is 25.1. The van der Waals surface area contributed by atoms with E-state index in [1.54, 1.807) is 53.2 Å². The van der Waals surface area contributed by atoms with Crippen LogP contribution in [0.4, 0.5) is 0 Å². The van der Waals surface area contributed by atoms with Crippen molar-refractivity contribution >= 4 is 11.9 Å². The van der Waals surface area contributed by atoms with Crippen LogP contribution in [0.3, 0.4) is 0 Å². The van der Waals surface area contributed by atoms with Crippen molar-refractivity contribution in [3.05, 3.63) is 138 Å². The highest BCUT2D eigenvalue weighted by Gasteiger charge is 2.15. The first-order valence-electron chi connectivity index (χ1n) is 18.9. The Balaban J connectivity index is 1.03. The van der Waals surface area contributed by atoms with E-state index in [0.29, 0.717) is 47.3 Å². The maximum absolute atomic E-state index is 12.9. The minimum absolute atomic E-state index is 0.227. The second kappa shape index (κ2) is 19.2. The van der Waals surface area contributed by atoms with Crippen LogP contribution in [0.25, 0.3) is 16.9 Å². The third kappa shape index (κ3) is 10.3. The number of allylic oxidation sites excluding steroid dienone is 4. The van der Waals surface area contributed by atoms with Crippen LogP contribution in [0.2, 0.25) is 0 Å². The molecular weight excluding hydrogens is 679 g/mol. The standard InChI is InChI=1S/C45H47N3O6/c1-3-5-7-11-29-51-42-28-23-38(31-43(42)52-30-12-8-6-4-2)48-32-41(46-47-48)35-17-21-37(22-18-35)45(50)54-40-26-24-39(25-27-40)53-44(49)36-19-15-34(16-20-36)33-13-9-10-14-33/h9-10,13-28,31-33H,3-8,11-12,29-30H2,1-2H3. The monoisotopic (exact) mass is 725 g/mol. The van der Waals surface area contributed by atoms with Gasteiger partial charge in [-0.05, 0) is 79.1 Å². The number of hydrogen-bond donors (Lipinski definition) is 0. The van der Waals surface area contributed by atoms with Crippen molar-refractivity contribution in [2.24, 2.45) is 0 Å². The number of hydrogen-bond acceptors (Lipinski definition) is 8. The number of rotatable bonds is 19. The van der Waals surface area contributed by atoms with Gasteiger partial charge in [0.05, 0.1) is 36.2 Å². The normalized spacial score (nSPS) is 12.2. The van der Waals surface area contributed by atoms with Crippen LogP contribution in [0.15, 0.2) is 121 Å². The van der Waals surface area contributed by atoms with Gasteiger partial charge in [-0.3, -0.25) is 0 Å². The summed E-state index contributed by atoms with van der Waals surface area (Å²) in [5.41, 5.74) is 4.18. The number of nitrogens with zero attached hydrogens (tertiary/aromatic N) is 3. The number of ether oxygens (including phenoxy) is 4. The van der Waals surface area contributed by atoms with Gasteiger partial charge >= 0.3 is 11.9 Å². The van der Waals surface area contributed by atoms with E-state index in [1.807, 2.05) is 60.8 Å². The topological polar surface area (TPSA) is 102 Å². The molecule has 0 aliphatic heterocycles. The van der Waals surface area contributed by atoms with Gasteiger partial charge in [0.15, 0.2) is 11.5 Å². The second-order valence-electron chi connectivity index (χ2n) is 13.2. The van der Waals surface area contributed by atoms with Crippen molar-refractivity contribution in [1.29, 1.82) is 0 Å². The van der Waals surface area contributed by atoms with E-state index < -0.39 is 11.9 Å². The van der Waals surface area contributed by atoms with Gasteiger partial charge in [0.1, 0.15) is 17.2 Å². The average molecular weight is 726 g/mol. The first-order chi connectivity index (χ1) is 26.5. The molecule has 0 amide bonds. The molecule has 0 N–H and O–H groups in total. The van der Waals surface area contributed by atoms with Gasteiger partial charge in [-0.1, -0.05) is 106 Å². The van der Waals surface area contributed by atoms with E-state index in [1.165, 1.54) is 25.7 Å². The summed E-state index contributed by atoms with van der Waals surface area (Å²) in [5.74, 6) is 1.35. The van der Waals surface area contributed by atoms with Gasteiger partial charge < -0.3 is 18.9 Å². The quantitative estimate of drug-likeness (QED) is 0.0471. The molecule has 9 nitrogen and oxygen atoms in total. The number of carbonyl (C=O) groups is 2. The van der Waals surface area contributed by atoms with Crippen molar-refractivity contribution in [2.75, 3.05) is 13.2 Å². The second-order valence-corrected chi connectivity index (χ2v) is 13.2. The molecule has 1 aliphatic carbocycles. The van der Waals surface area contributed by atoms with Crippen molar-refractivity contribution in [3.8, 4) is 39.9 Å². The molecule has 0 fully saturated rings. The zero-order valence-electron chi connectivity index (χ0n) is 31.0. The minimum Gasteiger partial charge on any atom is -0.490 e. The first kappa shape index (κ1) is 37.8. The molecule has 0 saturated heterocycles. The van der Waals surface area contributed by atoms with Gasteiger partial charge in [0, 0.05) is 17.5 Å². The summed E-state index contributed by atoms with van der Waals surface area (Å²) in [4.78, 5) is 25.6. The number of unbranched alkanes of at least 4 members (excludes halogenated alkanes) is 6. The molecule has 1 aliphatic rings. The predicted molar refractivity (Wildman–Crippen MR) is 210 cm³/mol. The van der Waals surface area contributed by atoms with Gasteiger partial charge in [0.25, 0.3) is 0 Å². The van der Waals surface area contributed by atoms with Gasteiger partial charge in [-0.15, -0.1) is 5.10 Å². The van der Waals surface area contributed by atoms with Crippen molar-refractivity contribution in [2.45, 2.75) is 71.1 Å². The van der Waals surface area contributed by atoms with E-state index in [-0.39, 0.29) is 5.92 Å². The Morgan fingerprint density at radius 2 is 1.19 bits per heavy atom. The fourth-order valence-electron chi connectivity index (χ4n) is 6.00. The van der Waals surface area contributed by atoms with Crippen LogP contribution in [-0.2, 0) is 0 Å². The summed E-state index contributed by atoms with van der Waals surface area (Å²) in [6.07, 6.45) is 19.1. The van der Waals surface area contributed by atoms with Gasteiger partial charge in [0.2, 0.25) is 0 Å². The number of aromatic nitrogens is 3. The molecule has 6 rings (SSSR count). The molecule has 54 heavy (non-hydrogen) atoms. The molecule has 278 valence electrons. The fraction of sp³-hybridized carbons (Fsp3) is 0.289. The van der Waals surface area contributed by atoms with E-state index >= 15 is 0 Å². The lowest BCUT2D eigenvalue weighted by atomic mass is 10.00. The van der Waals surface area contributed by atoms with Crippen LogP contribution >= 0.6 is 0 Å². The fourth-order valence-corrected chi connectivity index (χ4v) is 6.00. The Hall–Kier alpha value is -5.96. The Kier molecular flexibility index (Phi) is 13.4. The highest BCUT2D eigenvalue weighted by molar-refractivity contribution is 5.92. The largest absolute Gasteiger partial charge is 0.490 e. The van der Waals surface area contributed by atoms with E-state index in [2.05, 4.69) is 36.3 Å². The molecule has 0 spiro atoms. The van der Waals surface area contributed by atoms with Gasteiger partial charge in [-0.25, -0.2) is 14.3 Å². The van der Waals surface area contributed by atoms with E-state index in [4.69, 9.17) is 18.9 Å². The summed E-state index contributed by atoms with van der Waals surface area (Å²) in [6.45, 7) is 5.67. The molecule has 1 heterocycles. The lowest BCUT2D eigenvalue weighted by Crippen LogP contribution is -2.09. The molecule has 0 atom stereocenters. The van der Waals surface area contributed by atoms with Crippen LogP contribution in [0.1, 0.15) is 97.4 Å². The summed E-state index contributed by atoms with van der Waals surface area (Å²) in [6, 6.07) is 26.5. The Morgan fingerprint density at radius 3 is 1.76 bits per heavy atom. The smallest absolute Gasteiger partial charge is 0.343 e. The SMILES string of the molecule is CCCCCCOc1ccc(-n2cc(-c3ccc(C(=O)Oc4ccc(OC(=O)c5ccc(C6C=CC=C6)cc5)cc4)cc3)nn2)cc1OCCCCCC. The molecule has 5 aromatic rings. The van der Waals surface area contributed by atoms with Crippen LogP contribution < -0.4 is 18.9 Å². The van der Waals surface area contributed by atoms with Crippen LogP contribution in [0.5, 0.6) is 23.0 Å². The van der Waals surface area contributed by atoms with Crippen molar-refractivity contribution < 1.29 is 28.5 Å².